The highest BCUT2D eigenvalue weighted by molar-refractivity contribution is 7.93. The van der Waals surface area contributed by atoms with Gasteiger partial charge in [-0.15, -0.1) is 0 Å². The highest BCUT2D eigenvalue weighted by atomic mass is 32.2. The number of aromatic hydroxyl groups is 2. The lowest BCUT2D eigenvalue weighted by molar-refractivity contribution is -0.0724. The van der Waals surface area contributed by atoms with Gasteiger partial charge in [-0.25, -0.2) is 8.42 Å². The topological polar surface area (TPSA) is 186 Å². The number of ether oxygens (including phenoxy) is 4. The van der Waals surface area contributed by atoms with E-state index >= 15 is 0 Å². The van der Waals surface area contributed by atoms with E-state index in [1.165, 1.54) is 14.2 Å². The molecule has 1 amide bonds. The van der Waals surface area contributed by atoms with Crippen molar-refractivity contribution in [3.8, 4) is 40.6 Å². The quantitative estimate of drug-likeness (QED) is 0.103. The van der Waals surface area contributed by atoms with Gasteiger partial charge in [0, 0.05) is 93.8 Å². The zero-order valence-corrected chi connectivity index (χ0v) is 39.7. The second-order valence-electron chi connectivity index (χ2n) is 17.7. The average Bonchev–Trinajstić information content (AvgIpc) is 3.30. The van der Waals surface area contributed by atoms with Gasteiger partial charge in [0.25, 0.3) is 15.9 Å². The number of piperazine rings is 1. The summed E-state index contributed by atoms with van der Waals surface area (Å²) in [5.41, 5.74) is 5.52. The second-order valence-corrected chi connectivity index (χ2v) is 19.3. The molecule has 0 unspecified atom stereocenters. The lowest BCUT2D eigenvalue weighted by atomic mass is 9.71. The lowest BCUT2D eigenvalue weighted by Crippen LogP contribution is -2.68. The van der Waals surface area contributed by atoms with Crippen LogP contribution in [0.3, 0.4) is 0 Å². The van der Waals surface area contributed by atoms with Gasteiger partial charge in [0.15, 0.2) is 23.0 Å². The summed E-state index contributed by atoms with van der Waals surface area (Å²) in [6.07, 6.45) is 0.700. The molecular weight excluding hydrogens is 873 g/mol. The summed E-state index contributed by atoms with van der Waals surface area (Å²) in [6, 6.07) is 20.9. The van der Waals surface area contributed by atoms with E-state index in [4.69, 9.17) is 18.9 Å². The van der Waals surface area contributed by atoms with Crippen LogP contribution in [0.2, 0.25) is 0 Å². The van der Waals surface area contributed by atoms with E-state index in [0.717, 1.165) is 16.6 Å². The first kappa shape index (κ1) is 45.2. The van der Waals surface area contributed by atoms with E-state index in [2.05, 4.69) is 25.9 Å². The predicted molar refractivity (Wildman–Crippen MR) is 257 cm³/mol. The summed E-state index contributed by atoms with van der Waals surface area (Å²) in [4.78, 5) is 20.6. The number of hydrogen-bond donors (Lipinski definition) is 4. The molecule has 0 saturated carbocycles. The average molecular weight is 927 g/mol. The fourth-order valence-electron chi connectivity index (χ4n) is 11.3. The molecule has 3 aliphatic rings. The highest BCUT2D eigenvalue weighted by Gasteiger charge is 2.57. The standard InChI is InChI=1S/C51H54N6O9S/c1-26-47(63-6)34-23-38-44-43-35(48(64-7)27(2)50(66-9)46(43)59)22-37(56(44)5)39(24-52)57(38)40(42(34)45(58)49(26)65-8)25-53-51(60)30-17-16-29-21-31(19-18-28(29)20-30)54-67(61,62)41-15-11-12-32-33(41)13-10-14-36(32)55(3)4/h10-21,37-40,44,54,58-59H,22-23,25H2,1-9H3,(H,53,60)/t37-,38-,39-,40-,44-/m0/s1. The van der Waals surface area contributed by atoms with Gasteiger partial charge in [-0.1, -0.05) is 36.4 Å². The summed E-state index contributed by atoms with van der Waals surface area (Å²) in [6.45, 7) is 3.63. The van der Waals surface area contributed by atoms with Gasteiger partial charge in [0.2, 0.25) is 0 Å². The molecule has 16 heteroatoms. The number of phenols is 2. The van der Waals surface area contributed by atoms with E-state index in [0.29, 0.717) is 85.3 Å². The maximum atomic E-state index is 14.3. The van der Waals surface area contributed by atoms with Crippen molar-refractivity contribution in [3.63, 3.8) is 0 Å². The summed E-state index contributed by atoms with van der Waals surface area (Å²) >= 11 is 0. The van der Waals surface area contributed by atoms with Crippen LogP contribution in [0, 0.1) is 25.2 Å². The Bertz CT molecular complexity index is 3170. The number of nitrogens with one attached hydrogen (secondary N) is 2. The van der Waals surface area contributed by atoms with E-state index in [-0.39, 0.29) is 34.7 Å². The van der Waals surface area contributed by atoms with Crippen molar-refractivity contribution in [2.45, 2.75) is 61.8 Å². The molecular formula is C51H54N6O9S. The van der Waals surface area contributed by atoms with E-state index in [1.54, 1.807) is 68.8 Å². The molecule has 2 bridgehead atoms. The van der Waals surface area contributed by atoms with Crippen LogP contribution in [0.25, 0.3) is 21.5 Å². The third kappa shape index (κ3) is 7.06. The van der Waals surface area contributed by atoms with Gasteiger partial charge in [0.05, 0.1) is 51.5 Å². The largest absolute Gasteiger partial charge is 0.504 e. The summed E-state index contributed by atoms with van der Waals surface area (Å²) < 4.78 is 54.0. The van der Waals surface area contributed by atoms with Crippen LogP contribution in [0.15, 0.2) is 77.7 Å². The van der Waals surface area contributed by atoms with Crippen LogP contribution in [0.5, 0.6) is 34.5 Å². The molecule has 0 aliphatic carbocycles. The molecule has 0 aromatic heterocycles. The molecule has 67 heavy (non-hydrogen) atoms. The number of carbonyl (C=O) groups excluding carboxylic acids is 1. The number of sulfonamides is 1. The van der Waals surface area contributed by atoms with Crippen molar-refractivity contribution in [1.82, 2.24) is 15.1 Å². The Morgan fingerprint density at radius 2 is 1.37 bits per heavy atom. The number of phenolic OH excluding ortho intramolecular Hbond substituents is 2. The molecule has 9 rings (SSSR count). The Labute approximate surface area is 390 Å². The van der Waals surface area contributed by atoms with E-state index in [1.807, 2.05) is 58.1 Å². The lowest BCUT2D eigenvalue weighted by Gasteiger charge is -2.60. The molecule has 1 fully saturated rings. The predicted octanol–water partition coefficient (Wildman–Crippen LogP) is 7.12. The Kier molecular flexibility index (Phi) is 11.5. The minimum absolute atomic E-state index is 0.00203. The molecule has 3 heterocycles. The first-order valence-electron chi connectivity index (χ1n) is 22.0. The molecule has 348 valence electrons. The number of rotatable bonds is 11. The minimum atomic E-state index is -3.99. The van der Waals surface area contributed by atoms with Crippen LogP contribution in [-0.4, -0.2) is 109 Å². The van der Waals surface area contributed by atoms with Gasteiger partial charge >= 0.3 is 0 Å². The van der Waals surface area contributed by atoms with Crippen molar-refractivity contribution in [3.05, 3.63) is 112 Å². The van der Waals surface area contributed by atoms with Crippen LogP contribution in [0.4, 0.5) is 11.4 Å². The molecule has 0 radical (unpaired) electrons. The first-order valence-corrected chi connectivity index (χ1v) is 23.4. The number of amides is 1. The Hall–Kier alpha value is -6.93. The molecule has 5 atom stereocenters. The monoisotopic (exact) mass is 926 g/mol. The van der Waals surface area contributed by atoms with Crippen LogP contribution in [0.1, 0.15) is 55.8 Å². The van der Waals surface area contributed by atoms with Crippen LogP contribution >= 0.6 is 0 Å². The van der Waals surface area contributed by atoms with Crippen LogP contribution in [-0.2, 0) is 22.9 Å². The second kappa shape index (κ2) is 17.1. The number of hydrogen-bond acceptors (Lipinski definition) is 13. The van der Waals surface area contributed by atoms with Gasteiger partial charge < -0.3 is 39.4 Å². The van der Waals surface area contributed by atoms with Crippen molar-refractivity contribution >= 4 is 48.9 Å². The zero-order chi connectivity index (χ0) is 47.8. The number of likely N-dealkylation sites (N-methyl/N-ethyl adjacent to an activating group) is 1. The SMILES string of the molecule is COc1c(C)c(OC)c2c(c1O)[C@@H]1[C@@H]3Cc4c(OC)c(C)c(OC)c(O)c4[C@H](CNC(=O)c4ccc5cc(NS(=O)(=O)c6cccc7c(N(C)C)cccc67)ccc5c4)N3[C@@H](C#N)[C@H](C2)N1C. The summed E-state index contributed by atoms with van der Waals surface area (Å²) in [5, 5.41) is 41.1. The van der Waals surface area contributed by atoms with Gasteiger partial charge in [-0.05, 0) is 80.9 Å². The zero-order valence-electron chi connectivity index (χ0n) is 38.9. The smallest absolute Gasteiger partial charge is 0.262 e. The fourth-order valence-corrected chi connectivity index (χ4v) is 12.5. The molecule has 6 aromatic rings. The maximum Gasteiger partial charge on any atom is 0.262 e. The number of nitrogens with zero attached hydrogens (tertiary/aromatic N) is 4. The van der Waals surface area contributed by atoms with Gasteiger partial charge in [-0.2, -0.15) is 5.26 Å². The number of benzene rings is 6. The Morgan fingerprint density at radius 3 is 2.01 bits per heavy atom. The summed E-state index contributed by atoms with van der Waals surface area (Å²) in [7, 11) is 7.93. The fraction of sp³-hybridized carbons (Fsp3) is 0.333. The minimum Gasteiger partial charge on any atom is -0.504 e. The first-order chi connectivity index (χ1) is 32.1. The number of methoxy groups -OCH3 is 4. The van der Waals surface area contributed by atoms with E-state index < -0.39 is 40.1 Å². The summed E-state index contributed by atoms with van der Waals surface area (Å²) in [5.74, 6) is 1.15. The maximum absolute atomic E-state index is 14.3. The molecule has 3 aliphatic heterocycles. The number of anilines is 2. The normalized spacial score (nSPS) is 20.0. The highest BCUT2D eigenvalue weighted by Crippen LogP contribution is 2.59. The molecule has 15 nitrogen and oxygen atoms in total. The van der Waals surface area contributed by atoms with Gasteiger partial charge in [0.1, 0.15) is 17.5 Å². The van der Waals surface area contributed by atoms with Crippen LogP contribution < -0.4 is 33.9 Å². The third-order valence-electron chi connectivity index (χ3n) is 14.1. The molecule has 6 aromatic carbocycles. The van der Waals surface area contributed by atoms with Crippen molar-refractivity contribution in [2.75, 3.05) is 65.7 Å². The molecule has 0 spiro atoms. The van der Waals surface area contributed by atoms with Crippen molar-refractivity contribution < 1.29 is 42.4 Å². The Balaban J connectivity index is 1.06. The number of fused-ring (bicyclic) bond motifs is 9. The Morgan fingerprint density at radius 1 is 0.791 bits per heavy atom. The van der Waals surface area contributed by atoms with E-state index in [9.17, 15) is 28.7 Å². The number of carbonyl (C=O) groups is 1. The van der Waals surface area contributed by atoms with Crippen molar-refractivity contribution in [1.29, 1.82) is 5.26 Å². The number of nitriles is 1. The molecule has 4 N–H and O–H groups in total. The third-order valence-corrected chi connectivity index (χ3v) is 15.5. The van der Waals surface area contributed by atoms with Crippen molar-refractivity contribution in [2.24, 2.45) is 0 Å². The molecule has 1 saturated heterocycles. The van der Waals surface area contributed by atoms with Gasteiger partial charge in [-0.3, -0.25) is 19.3 Å².